The molecule has 4 heteroatoms. The highest BCUT2D eigenvalue weighted by Gasteiger charge is 2.12. The van der Waals surface area contributed by atoms with Crippen LogP contribution >= 0.6 is 23.1 Å². The lowest BCUT2D eigenvalue weighted by Crippen LogP contribution is -2.08. The van der Waals surface area contributed by atoms with E-state index in [2.05, 4.69) is 22.5 Å². The molecule has 0 saturated heterocycles. The fraction of sp³-hybridized carbons (Fsp3) is 0.250. The maximum atomic E-state index is 5.82. The molecular weight excluding hydrogens is 236 g/mol. The number of nitrogens with zero attached hydrogens (tertiary/aromatic N) is 1. The van der Waals surface area contributed by atoms with Crippen LogP contribution in [0.5, 0.6) is 0 Å². The Morgan fingerprint density at radius 3 is 2.69 bits per heavy atom. The summed E-state index contributed by atoms with van der Waals surface area (Å²) in [7, 11) is 0. The van der Waals surface area contributed by atoms with Gasteiger partial charge in [-0.15, -0.1) is 11.3 Å². The van der Waals surface area contributed by atoms with Crippen molar-refractivity contribution in [3.63, 3.8) is 0 Å². The molecule has 0 spiro atoms. The van der Waals surface area contributed by atoms with E-state index < -0.39 is 0 Å². The summed E-state index contributed by atoms with van der Waals surface area (Å²) in [6.07, 6.45) is 0. The minimum atomic E-state index is 0.298. The summed E-state index contributed by atoms with van der Waals surface area (Å²) in [4.78, 5) is 4.45. The Hall–Kier alpha value is -0.840. The van der Waals surface area contributed by atoms with Crippen LogP contribution in [0.15, 0.2) is 40.1 Å². The van der Waals surface area contributed by atoms with E-state index in [1.807, 2.05) is 25.1 Å². The van der Waals surface area contributed by atoms with Gasteiger partial charge in [0.2, 0.25) is 0 Å². The molecule has 16 heavy (non-hydrogen) atoms. The number of benzene rings is 1. The van der Waals surface area contributed by atoms with E-state index in [0.717, 1.165) is 10.0 Å². The first kappa shape index (κ1) is 11.6. The molecule has 0 aliphatic carbocycles. The second-order valence-electron chi connectivity index (χ2n) is 3.51. The number of aryl methyl sites for hydroxylation is 1. The Balaban J connectivity index is 2.12. The van der Waals surface area contributed by atoms with Gasteiger partial charge in [0.25, 0.3) is 0 Å². The number of rotatable bonds is 4. The van der Waals surface area contributed by atoms with Crippen LogP contribution in [0.4, 0.5) is 0 Å². The van der Waals surface area contributed by atoms with Crippen LogP contribution in [0.3, 0.4) is 0 Å². The third-order valence-corrected chi connectivity index (χ3v) is 4.60. The second kappa shape index (κ2) is 5.48. The summed E-state index contributed by atoms with van der Waals surface area (Å²) < 4.78 is 1.09. The molecule has 0 radical (unpaired) electrons. The first-order chi connectivity index (χ1) is 7.79. The van der Waals surface area contributed by atoms with Crippen molar-refractivity contribution in [2.45, 2.75) is 16.5 Å². The third-order valence-electron chi connectivity index (χ3n) is 2.23. The van der Waals surface area contributed by atoms with Crippen molar-refractivity contribution in [1.29, 1.82) is 0 Å². The van der Waals surface area contributed by atoms with Gasteiger partial charge in [-0.1, -0.05) is 42.1 Å². The van der Waals surface area contributed by atoms with Crippen molar-refractivity contribution < 1.29 is 0 Å². The largest absolute Gasteiger partial charge is 0.329 e. The van der Waals surface area contributed by atoms with E-state index in [9.17, 15) is 0 Å². The van der Waals surface area contributed by atoms with E-state index in [-0.39, 0.29) is 0 Å². The van der Waals surface area contributed by atoms with E-state index in [1.54, 1.807) is 23.1 Å². The van der Waals surface area contributed by atoms with Crippen LogP contribution < -0.4 is 5.73 Å². The SMILES string of the molecule is Cc1csc(SC(CN)c2ccccc2)n1. The maximum absolute atomic E-state index is 5.82. The number of hydrogen-bond acceptors (Lipinski definition) is 4. The molecule has 0 aliphatic rings. The molecule has 84 valence electrons. The monoisotopic (exact) mass is 250 g/mol. The number of aromatic nitrogens is 1. The van der Waals surface area contributed by atoms with Gasteiger partial charge >= 0.3 is 0 Å². The van der Waals surface area contributed by atoms with E-state index in [1.165, 1.54) is 5.56 Å². The van der Waals surface area contributed by atoms with Gasteiger partial charge < -0.3 is 5.73 Å². The fourth-order valence-electron chi connectivity index (χ4n) is 1.43. The van der Waals surface area contributed by atoms with Crippen LogP contribution in [0.2, 0.25) is 0 Å². The first-order valence-electron chi connectivity index (χ1n) is 5.13. The average molecular weight is 250 g/mol. The predicted octanol–water partition coefficient (Wildman–Crippen LogP) is 3.24. The highest BCUT2D eigenvalue weighted by Crippen LogP contribution is 2.35. The molecule has 1 aromatic carbocycles. The van der Waals surface area contributed by atoms with Crippen molar-refractivity contribution >= 4 is 23.1 Å². The number of thiazole rings is 1. The Bertz CT molecular complexity index is 439. The quantitative estimate of drug-likeness (QED) is 0.847. The normalized spacial score (nSPS) is 12.6. The molecule has 1 aromatic heterocycles. The van der Waals surface area contributed by atoms with Crippen molar-refractivity contribution in [3.05, 3.63) is 47.0 Å². The first-order valence-corrected chi connectivity index (χ1v) is 6.89. The Morgan fingerprint density at radius 1 is 1.38 bits per heavy atom. The minimum Gasteiger partial charge on any atom is -0.329 e. The number of nitrogens with two attached hydrogens (primary N) is 1. The molecule has 2 N–H and O–H groups in total. The zero-order chi connectivity index (χ0) is 11.4. The van der Waals surface area contributed by atoms with Gasteiger partial charge in [-0.3, -0.25) is 0 Å². The van der Waals surface area contributed by atoms with Gasteiger partial charge in [-0.2, -0.15) is 0 Å². The van der Waals surface area contributed by atoms with Gasteiger partial charge in [0, 0.05) is 22.9 Å². The zero-order valence-electron chi connectivity index (χ0n) is 9.09. The van der Waals surface area contributed by atoms with Crippen LogP contribution in [-0.4, -0.2) is 11.5 Å². The maximum Gasteiger partial charge on any atom is 0.150 e. The molecule has 0 fully saturated rings. The van der Waals surface area contributed by atoms with Crippen molar-refractivity contribution in [2.24, 2.45) is 5.73 Å². The molecule has 0 aliphatic heterocycles. The van der Waals surface area contributed by atoms with Gasteiger partial charge in [0.05, 0.1) is 0 Å². The molecule has 0 amide bonds. The summed E-state index contributed by atoms with van der Waals surface area (Å²) in [6.45, 7) is 2.65. The molecular formula is C12H14N2S2. The average Bonchev–Trinajstić information content (AvgIpc) is 2.73. The topological polar surface area (TPSA) is 38.9 Å². The molecule has 2 rings (SSSR count). The highest BCUT2D eigenvalue weighted by atomic mass is 32.2. The summed E-state index contributed by atoms with van der Waals surface area (Å²) in [5.41, 5.74) is 8.16. The fourth-order valence-corrected chi connectivity index (χ4v) is 3.49. The smallest absolute Gasteiger partial charge is 0.150 e. The Morgan fingerprint density at radius 2 is 2.12 bits per heavy atom. The van der Waals surface area contributed by atoms with E-state index >= 15 is 0 Å². The van der Waals surface area contributed by atoms with E-state index in [0.29, 0.717) is 11.8 Å². The molecule has 1 heterocycles. The molecule has 1 unspecified atom stereocenters. The lowest BCUT2D eigenvalue weighted by Gasteiger charge is -2.12. The van der Waals surface area contributed by atoms with Crippen molar-refractivity contribution in [2.75, 3.05) is 6.54 Å². The van der Waals surface area contributed by atoms with Gasteiger partial charge in [-0.25, -0.2) is 4.98 Å². The lowest BCUT2D eigenvalue weighted by atomic mass is 10.1. The second-order valence-corrected chi connectivity index (χ2v) is 5.82. The Kier molecular flexibility index (Phi) is 3.98. The van der Waals surface area contributed by atoms with Crippen molar-refractivity contribution in [1.82, 2.24) is 4.98 Å². The molecule has 0 bridgehead atoms. The summed E-state index contributed by atoms with van der Waals surface area (Å²) in [5.74, 6) is 0. The van der Waals surface area contributed by atoms with Crippen LogP contribution in [-0.2, 0) is 0 Å². The van der Waals surface area contributed by atoms with Gasteiger partial charge in [0.15, 0.2) is 4.34 Å². The standard InChI is InChI=1S/C12H14N2S2/c1-9-8-15-12(14-9)16-11(7-13)10-5-3-2-4-6-10/h2-6,8,11H,7,13H2,1H3. The van der Waals surface area contributed by atoms with Gasteiger partial charge in [-0.05, 0) is 12.5 Å². The van der Waals surface area contributed by atoms with Gasteiger partial charge in [0.1, 0.15) is 0 Å². The molecule has 2 aromatic rings. The molecule has 0 saturated carbocycles. The van der Waals surface area contributed by atoms with Crippen molar-refractivity contribution in [3.8, 4) is 0 Å². The Labute approximate surface area is 104 Å². The number of hydrogen-bond donors (Lipinski definition) is 1. The summed E-state index contributed by atoms with van der Waals surface area (Å²) in [5, 5.41) is 2.37. The molecule has 1 atom stereocenters. The third kappa shape index (κ3) is 2.84. The van der Waals surface area contributed by atoms with Crippen LogP contribution in [0.1, 0.15) is 16.5 Å². The predicted molar refractivity (Wildman–Crippen MR) is 70.9 cm³/mol. The van der Waals surface area contributed by atoms with Crippen LogP contribution in [0, 0.1) is 6.92 Å². The highest BCUT2D eigenvalue weighted by molar-refractivity contribution is 8.01. The minimum absolute atomic E-state index is 0.298. The van der Waals surface area contributed by atoms with E-state index in [4.69, 9.17) is 5.73 Å². The zero-order valence-corrected chi connectivity index (χ0v) is 10.7. The molecule has 2 nitrogen and oxygen atoms in total. The number of thioether (sulfide) groups is 1. The lowest BCUT2D eigenvalue weighted by molar-refractivity contribution is 0.938. The van der Waals surface area contributed by atoms with Crippen LogP contribution in [0.25, 0.3) is 0 Å². The summed E-state index contributed by atoms with van der Waals surface area (Å²) in [6, 6.07) is 10.3. The summed E-state index contributed by atoms with van der Waals surface area (Å²) >= 11 is 3.43.